The van der Waals surface area contributed by atoms with E-state index in [1.165, 1.54) is 6.42 Å². The van der Waals surface area contributed by atoms with Crippen LogP contribution in [0, 0.1) is 0 Å². The van der Waals surface area contributed by atoms with Crippen LogP contribution < -0.4 is 11.1 Å². The lowest BCUT2D eigenvalue weighted by molar-refractivity contribution is 0.192. The molecule has 0 saturated carbocycles. The number of hydrogen-bond acceptors (Lipinski definition) is 3. The second-order valence-electron chi connectivity index (χ2n) is 3.72. The van der Waals surface area contributed by atoms with Crippen molar-refractivity contribution in [1.82, 2.24) is 0 Å². The molecule has 16 heavy (non-hydrogen) atoms. The minimum absolute atomic E-state index is 0.775. The molecular formula is C12H19BrN2O. The van der Waals surface area contributed by atoms with Gasteiger partial charge in [-0.15, -0.1) is 0 Å². The first-order valence-electron chi connectivity index (χ1n) is 5.52. The van der Waals surface area contributed by atoms with Crippen LogP contribution in [0.1, 0.15) is 19.3 Å². The third-order valence-electron chi connectivity index (χ3n) is 2.33. The highest BCUT2D eigenvalue weighted by molar-refractivity contribution is 9.10. The van der Waals surface area contributed by atoms with Gasteiger partial charge in [-0.25, -0.2) is 0 Å². The summed E-state index contributed by atoms with van der Waals surface area (Å²) in [5.41, 5.74) is 7.54. The van der Waals surface area contributed by atoms with Crippen LogP contribution >= 0.6 is 15.9 Å². The van der Waals surface area contributed by atoms with Gasteiger partial charge in [0.25, 0.3) is 0 Å². The molecule has 3 N–H and O–H groups in total. The Balaban J connectivity index is 2.21. The maximum Gasteiger partial charge on any atom is 0.0486 e. The molecule has 0 radical (unpaired) electrons. The summed E-state index contributed by atoms with van der Waals surface area (Å²) < 4.78 is 6.02. The van der Waals surface area contributed by atoms with Crippen molar-refractivity contribution < 1.29 is 4.74 Å². The van der Waals surface area contributed by atoms with Crippen LogP contribution in [0.4, 0.5) is 11.4 Å². The van der Waals surface area contributed by atoms with Gasteiger partial charge in [-0.1, -0.05) is 0 Å². The van der Waals surface area contributed by atoms with Crippen molar-refractivity contribution in [3.8, 4) is 0 Å². The smallest absolute Gasteiger partial charge is 0.0486 e. The molecule has 1 aromatic carbocycles. The van der Waals surface area contributed by atoms with Gasteiger partial charge in [-0.2, -0.15) is 0 Å². The van der Waals surface area contributed by atoms with E-state index in [4.69, 9.17) is 10.5 Å². The molecule has 0 bridgehead atoms. The predicted octanol–water partition coefficient (Wildman–Crippen LogP) is 3.26. The lowest BCUT2D eigenvalue weighted by Gasteiger charge is -2.08. The molecule has 4 heteroatoms. The number of halogens is 1. The van der Waals surface area contributed by atoms with E-state index in [2.05, 4.69) is 21.2 Å². The van der Waals surface area contributed by atoms with E-state index in [0.29, 0.717) is 0 Å². The number of hydrogen-bond donors (Lipinski definition) is 2. The Morgan fingerprint density at radius 3 is 2.81 bits per heavy atom. The summed E-state index contributed by atoms with van der Waals surface area (Å²) in [7, 11) is 1.74. The Morgan fingerprint density at radius 2 is 2.12 bits per heavy atom. The number of anilines is 2. The zero-order valence-corrected chi connectivity index (χ0v) is 11.2. The molecule has 0 atom stereocenters. The number of methoxy groups -OCH3 is 1. The molecule has 1 rings (SSSR count). The van der Waals surface area contributed by atoms with Crippen molar-refractivity contribution in [1.29, 1.82) is 0 Å². The Labute approximate surface area is 105 Å². The minimum atomic E-state index is 0.775. The Bertz CT molecular complexity index is 318. The van der Waals surface area contributed by atoms with E-state index in [0.717, 1.165) is 41.8 Å². The van der Waals surface area contributed by atoms with Crippen molar-refractivity contribution in [3.63, 3.8) is 0 Å². The van der Waals surface area contributed by atoms with Crippen LogP contribution in [-0.4, -0.2) is 20.3 Å². The summed E-state index contributed by atoms with van der Waals surface area (Å²) >= 11 is 3.48. The largest absolute Gasteiger partial charge is 0.399 e. The van der Waals surface area contributed by atoms with Gasteiger partial charge < -0.3 is 15.8 Å². The molecule has 0 saturated heterocycles. The van der Waals surface area contributed by atoms with Gasteiger partial charge in [-0.05, 0) is 53.4 Å². The number of rotatable bonds is 7. The summed E-state index contributed by atoms with van der Waals surface area (Å²) in [6, 6.07) is 5.81. The monoisotopic (exact) mass is 286 g/mol. The van der Waals surface area contributed by atoms with Gasteiger partial charge >= 0.3 is 0 Å². The fourth-order valence-corrected chi connectivity index (χ4v) is 1.98. The second kappa shape index (κ2) is 7.52. The normalized spacial score (nSPS) is 10.4. The van der Waals surface area contributed by atoms with Crippen molar-refractivity contribution in [2.24, 2.45) is 0 Å². The molecule has 0 heterocycles. The standard InChI is InChI=1S/C12H19BrN2O/c1-16-8-4-2-3-7-15-12-6-5-10(14)9-11(12)13/h5-6,9,15H,2-4,7-8,14H2,1H3. The number of nitrogens with two attached hydrogens (primary N) is 1. The number of unbranched alkanes of at least 4 members (excludes halogenated alkanes) is 2. The molecule has 0 aliphatic heterocycles. The van der Waals surface area contributed by atoms with Crippen molar-refractivity contribution in [2.45, 2.75) is 19.3 Å². The molecule has 90 valence electrons. The zero-order valence-electron chi connectivity index (χ0n) is 9.63. The molecule has 0 aliphatic rings. The molecule has 3 nitrogen and oxygen atoms in total. The van der Waals surface area contributed by atoms with Crippen molar-refractivity contribution in [3.05, 3.63) is 22.7 Å². The fourth-order valence-electron chi connectivity index (χ4n) is 1.45. The van der Waals surface area contributed by atoms with Crippen molar-refractivity contribution >= 4 is 27.3 Å². The highest BCUT2D eigenvalue weighted by atomic mass is 79.9. The second-order valence-corrected chi connectivity index (χ2v) is 4.57. The summed E-state index contributed by atoms with van der Waals surface area (Å²) in [6.07, 6.45) is 3.47. The van der Waals surface area contributed by atoms with Crippen LogP contribution in [0.3, 0.4) is 0 Å². The van der Waals surface area contributed by atoms with Gasteiger partial charge in [0.2, 0.25) is 0 Å². The molecule has 0 aromatic heterocycles. The van der Waals surface area contributed by atoms with E-state index in [9.17, 15) is 0 Å². The highest BCUT2D eigenvalue weighted by Gasteiger charge is 1.98. The average molecular weight is 287 g/mol. The first-order chi connectivity index (χ1) is 7.74. The summed E-state index contributed by atoms with van der Waals surface area (Å²) in [4.78, 5) is 0. The van der Waals surface area contributed by atoms with Crippen LogP contribution in [0.25, 0.3) is 0 Å². The molecular weight excluding hydrogens is 268 g/mol. The average Bonchev–Trinajstić information content (AvgIpc) is 2.26. The molecule has 0 spiro atoms. The molecule has 0 amide bonds. The summed E-state index contributed by atoms with van der Waals surface area (Å²) in [5.74, 6) is 0. The molecule has 0 unspecified atom stereocenters. The van der Waals surface area contributed by atoms with Crippen LogP contribution in [-0.2, 0) is 4.74 Å². The van der Waals surface area contributed by atoms with E-state index < -0.39 is 0 Å². The van der Waals surface area contributed by atoms with Gasteiger partial charge in [0.05, 0.1) is 0 Å². The van der Waals surface area contributed by atoms with Gasteiger partial charge in [0.15, 0.2) is 0 Å². The third kappa shape index (κ3) is 4.86. The SMILES string of the molecule is COCCCCCNc1ccc(N)cc1Br. The van der Waals surface area contributed by atoms with E-state index in [1.54, 1.807) is 7.11 Å². The third-order valence-corrected chi connectivity index (χ3v) is 2.99. The minimum Gasteiger partial charge on any atom is -0.399 e. The van der Waals surface area contributed by atoms with Crippen LogP contribution in [0.15, 0.2) is 22.7 Å². The summed E-state index contributed by atoms with van der Waals surface area (Å²) in [6.45, 7) is 1.83. The number of ether oxygens (including phenoxy) is 1. The topological polar surface area (TPSA) is 47.3 Å². The number of nitrogens with one attached hydrogen (secondary N) is 1. The Morgan fingerprint density at radius 1 is 1.31 bits per heavy atom. The van der Waals surface area contributed by atoms with E-state index >= 15 is 0 Å². The first-order valence-corrected chi connectivity index (χ1v) is 6.31. The zero-order chi connectivity index (χ0) is 11.8. The lowest BCUT2D eigenvalue weighted by atomic mass is 10.2. The molecule has 0 fully saturated rings. The maximum absolute atomic E-state index is 5.67. The van der Waals surface area contributed by atoms with Crippen molar-refractivity contribution in [2.75, 3.05) is 31.3 Å². The quantitative estimate of drug-likeness (QED) is 0.597. The van der Waals surface area contributed by atoms with Gasteiger partial charge in [-0.3, -0.25) is 0 Å². The lowest BCUT2D eigenvalue weighted by Crippen LogP contribution is -2.03. The Kier molecular flexibility index (Phi) is 6.26. The first kappa shape index (κ1) is 13.3. The van der Waals surface area contributed by atoms with Gasteiger partial charge in [0.1, 0.15) is 0 Å². The molecule has 1 aromatic rings. The number of benzene rings is 1. The number of nitrogen functional groups attached to an aromatic ring is 1. The van der Waals surface area contributed by atoms with Crippen LogP contribution in [0.5, 0.6) is 0 Å². The summed E-state index contributed by atoms with van der Waals surface area (Å²) in [5, 5.41) is 3.37. The fraction of sp³-hybridized carbons (Fsp3) is 0.500. The highest BCUT2D eigenvalue weighted by Crippen LogP contribution is 2.24. The van der Waals surface area contributed by atoms with Gasteiger partial charge in [0, 0.05) is 36.1 Å². The van der Waals surface area contributed by atoms with E-state index in [-0.39, 0.29) is 0 Å². The van der Waals surface area contributed by atoms with Crippen LogP contribution in [0.2, 0.25) is 0 Å². The molecule has 0 aliphatic carbocycles. The maximum atomic E-state index is 5.67. The predicted molar refractivity (Wildman–Crippen MR) is 72.8 cm³/mol. The van der Waals surface area contributed by atoms with E-state index in [1.807, 2.05) is 18.2 Å². The Hall–Kier alpha value is -0.740.